The summed E-state index contributed by atoms with van der Waals surface area (Å²) in [6.07, 6.45) is -0.229. The SMILES string of the molecule is NCC(OCc1ccccc1F)c1ccc(Br)cc1. The van der Waals surface area contributed by atoms with Crippen molar-refractivity contribution in [2.75, 3.05) is 6.54 Å². The van der Waals surface area contributed by atoms with E-state index in [9.17, 15) is 4.39 Å². The lowest BCUT2D eigenvalue weighted by Gasteiger charge is -2.17. The molecule has 1 atom stereocenters. The van der Waals surface area contributed by atoms with Gasteiger partial charge >= 0.3 is 0 Å². The lowest BCUT2D eigenvalue weighted by atomic mass is 10.1. The Balaban J connectivity index is 2.04. The molecular weight excluding hydrogens is 309 g/mol. The molecule has 2 rings (SSSR count). The Morgan fingerprint density at radius 1 is 1.11 bits per heavy atom. The van der Waals surface area contributed by atoms with Crippen LogP contribution in [0.3, 0.4) is 0 Å². The van der Waals surface area contributed by atoms with Crippen LogP contribution < -0.4 is 5.73 Å². The van der Waals surface area contributed by atoms with Crippen LogP contribution in [-0.2, 0) is 11.3 Å². The third kappa shape index (κ3) is 3.86. The minimum Gasteiger partial charge on any atom is -0.367 e. The highest BCUT2D eigenvalue weighted by Gasteiger charge is 2.11. The van der Waals surface area contributed by atoms with Crippen molar-refractivity contribution in [1.29, 1.82) is 0 Å². The molecule has 2 nitrogen and oxygen atoms in total. The van der Waals surface area contributed by atoms with Gasteiger partial charge in [-0.1, -0.05) is 46.3 Å². The third-order valence-electron chi connectivity index (χ3n) is 2.85. The first-order valence-corrected chi connectivity index (χ1v) is 6.80. The molecule has 100 valence electrons. The molecule has 1 unspecified atom stereocenters. The minimum absolute atomic E-state index is 0.213. The van der Waals surface area contributed by atoms with E-state index in [1.165, 1.54) is 6.07 Å². The first-order chi connectivity index (χ1) is 9.20. The van der Waals surface area contributed by atoms with Crippen molar-refractivity contribution >= 4 is 15.9 Å². The van der Waals surface area contributed by atoms with Gasteiger partial charge in [-0.3, -0.25) is 0 Å². The van der Waals surface area contributed by atoms with Crippen LogP contribution in [0.1, 0.15) is 17.2 Å². The summed E-state index contributed by atoms with van der Waals surface area (Å²) in [5.41, 5.74) is 7.24. The van der Waals surface area contributed by atoms with E-state index in [1.807, 2.05) is 24.3 Å². The average molecular weight is 324 g/mol. The molecule has 0 aromatic heterocycles. The Kier molecular flexibility index (Phi) is 5.07. The highest BCUT2D eigenvalue weighted by atomic mass is 79.9. The van der Waals surface area contributed by atoms with Crippen molar-refractivity contribution in [2.24, 2.45) is 5.73 Å². The highest BCUT2D eigenvalue weighted by molar-refractivity contribution is 9.10. The predicted octanol–water partition coefficient (Wildman–Crippen LogP) is 3.80. The Morgan fingerprint density at radius 2 is 1.79 bits per heavy atom. The summed E-state index contributed by atoms with van der Waals surface area (Å²) in [6, 6.07) is 14.4. The van der Waals surface area contributed by atoms with Crippen molar-refractivity contribution in [3.63, 3.8) is 0 Å². The molecule has 2 aromatic carbocycles. The molecule has 0 aliphatic carbocycles. The van der Waals surface area contributed by atoms with Gasteiger partial charge in [0.2, 0.25) is 0 Å². The van der Waals surface area contributed by atoms with Gasteiger partial charge in [0.25, 0.3) is 0 Å². The van der Waals surface area contributed by atoms with E-state index in [-0.39, 0.29) is 18.5 Å². The normalized spacial score (nSPS) is 12.4. The van der Waals surface area contributed by atoms with E-state index in [4.69, 9.17) is 10.5 Å². The van der Waals surface area contributed by atoms with Gasteiger partial charge in [-0.15, -0.1) is 0 Å². The number of ether oxygens (including phenoxy) is 1. The first kappa shape index (κ1) is 14.2. The molecule has 0 heterocycles. The maximum absolute atomic E-state index is 13.5. The second-order valence-electron chi connectivity index (χ2n) is 4.18. The zero-order chi connectivity index (χ0) is 13.7. The van der Waals surface area contributed by atoms with Gasteiger partial charge in [-0.25, -0.2) is 4.39 Å². The topological polar surface area (TPSA) is 35.2 Å². The molecule has 0 saturated carbocycles. The molecule has 2 N–H and O–H groups in total. The number of benzene rings is 2. The summed E-state index contributed by atoms with van der Waals surface area (Å²) in [5.74, 6) is -0.255. The van der Waals surface area contributed by atoms with Crippen LogP contribution in [0.15, 0.2) is 53.0 Å². The molecule has 19 heavy (non-hydrogen) atoms. The summed E-state index contributed by atoms with van der Waals surface area (Å²) in [6.45, 7) is 0.570. The van der Waals surface area contributed by atoms with Crippen molar-refractivity contribution in [3.05, 3.63) is 69.9 Å². The molecule has 0 spiro atoms. The fourth-order valence-corrected chi connectivity index (χ4v) is 2.05. The van der Waals surface area contributed by atoms with Crippen LogP contribution in [-0.4, -0.2) is 6.54 Å². The third-order valence-corrected chi connectivity index (χ3v) is 3.38. The van der Waals surface area contributed by atoms with Crippen LogP contribution in [0.4, 0.5) is 4.39 Å². The molecule has 2 aromatic rings. The smallest absolute Gasteiger partial charge is 0.128 e. The Bertz CT molecular complexity index is 530. The summed E-state index contributed by atoms with van der Waals surface area (Å²) in [5, 5.41) is 0. The number of hydrogen-bond donors (Lipinski definition) is 1. The van der Waals surface area contributed by atoms with Gasteiger partial charge in [0.15, 0.2) is 0 Å². The van der Waals surface area contributed by atoms with Gasteiger partial charge in [0, 0.05) is 16.6 Å². The quantitative estimate of drug-likeness (QED) is 0.908. The van der Waals surface area contributed by atoms with Crippen molar-refractivity contribution < 1.29 is 9.13 Å². The Morgan fingerprint density at radius 3 is 2.42 bits per heavy atom. The van der Waals surface area contributed by atoms with Crippen LogP contribution >= 0.6 is 15.9 Å². The second kappa shape index (κ2) is 6.80. The predicted molar refractivity (Wildman–Crippen MR) is 77.1 cm³/mol. The van der Waals surface area contributed by atoms with E-state index in [0.29, 0.717) is 12.1 Å². The van der Waals surface area contributed by atoms with Crippen LogP contribution in [0, 0.1) is 5.82 Å². The van der Waals surface area contributed by atoms with Gasteiger partial charge in [0.05, 0.1) is 12.7 Å². The summed E-state index contributed by atoms with van der Waals surface area (Å²) in [7, 11) is 0. The van der Waals surface area contributed by atoms with Crippen molar-refractivity contribution in [1.82, 2.24) is 0 Å². The first-order valence-electron chi connectivity index (χ1n) is 6.01. The van der Waals surface area contributed by atoms with Crippen molar-refractivity contribution in [2.45, 2.75) is 12.7 Å². The number of nitrogens with two attached hydrogens (primary N) is 1. The number of rotatable bonds is 5. The van der Waals surface area contributed by atoms with Gasteiger partial charge in [-0.05, 0) is 23.8 Å². The molecule has 0 bridgehead atoms. The Labute approximate surface area is 120 Å². The zero-order valence-electron chi connectivity index (χ0n) is 10.4. The number of halogens is 2. The number of hydrogen-bond acceptors (Lipinski definition) is 2. The second-order valence-corrected chi connectivity index (χ2v) is 5.09. The van der Waals surface area contributed by atoms with Crippen LogP contribution in [0.5, 0.6) is 0 Å². The van der Waals surface area contributed by atoms with Crippen molar-refractivity contribution in [3.8, 4) is 0 Å². The molecule has 0 aliphatic rings. The van der Waals surface area contributed by atoms with Crippen LogP contribution in [0.2, 0.25) is 0 Å². The average Bonchev–Trinajstić information content (AvgIpc) is 2.43. The minimum atomic E-state index is -0.255. The molecule has 0 saturated heterocycles. The fourth-order valence-electron chi connectivity index (χ4n) is 1.78. The van der Waals surface area contributed by atoms with E-state index in [0.717, 1.165) is 10.0 Å². The molecule has 0 radical (unpaired) electrons. The van der Waals surface area contributed by atoms with E-state index < -0.39 is 0 Å². The molecule has 0 aliphatic heterocycles. The highest BCUT2D eigenvalue weighted by Crippen LogP contribution is 2.21. The molecule has 0 fully saturated rings. The molecular formula is C15H15BrFNO. The van der Waals surface area contributed by atoms with Crippen LogP contribution in [0.25, 0.3) is 0 Å². The van der Waals surface area contributed by atoms with Gasteiger partial charge < -0.3 is 10.5 Å². The monoisotopic (exact) mass is 323 g/mol. The maximum atomic E-state index is 13.5. The molecule has 4 heteroatoms. The van der Waals surface area contributed by atoms with E-state index >= 15 is 0 Å². The Hall–Kier alpha value is -1.23. The summed E-state index contributed by atoms with van der Waals surface area (Å²) in [4.78, 5) is 0. The fraction of sp³-hybridized carbons (Fsp3) is 0.200. The summed E-state index contributed by atoms with van der Waals surface area (Å²) < 4.78 is 20.2. The maximum Gasteiger partial charge on any atom is 0.128 e. The molecule has 0 amide bonds. The van der Waals surface area contributed by atoms with E-state index in [2.05, 4.69) is 15.9 Å². The van der Waals surface area contributed by atoms with Gasteiger partial charge in [0.1, 0.15) is 5.82 Å². The van der Waals surface area contributed by atoms with Gasteiger partial charge in [-0.2, -0.15) is 0 Å². The largest absolute Gasteiger partial charge is 0.367 e. The lowest BCUT2D eigenvalue weighted by Crippen LogP contribution is -2.16. The summed E-state index contributed by atoms with van der Waals surface area (Å²) >= 11 is 3.38. The van der Waals surface area contributed by atoms with E-state index in [1.54, 1.807) is 18.2 Å². The lowest BCUT2D eigenvalue weighted by molar-refractivity contribution is 0.0440. The standard InChI is InChI=1S/C15H15BrFNO/c16-13-7-5-11(6-8-13)15(9-18)19-10-12-3-1-2-4-14(12)17/h1-8,15H,9-10,18H2. The zero-order valence-corrected chi connectivity index (χ0v) is 11.9.